The number of benzene rings is 1. The van der Waals surface area contributed by atoms with Gasteiger partial charge in [0.2, 0.25) is 0 Å². The molecule has 0 aliphatic heterocycles. The van der Waals surface area contributed by atoms with Gasteiger partial charge in [-0.25, -0.2) is 0 Å². The van der Waals surface area contributed by atoms with E-state index < -0.39 is 23.6 Å². The first-order valence-electron chi connectivity index (χ1n) is 5.67. The molecule has 0 aliphatic carbocycles. The lowest BCUT2D eigenvalue weighted by atomic mass is 9.96. The van der Waals surface area contributed by atoms with Crippen molar-refractivity contribution in [1.29, 1.82) is 0 Å². The predicted molar refractivity (Wildman–Crippen MR) is 59.6 cm³/mol. The van der Waals surface area contributed by atoms with Crippen molar-refractivity contribution in [2.75, 3.05) is 0 Å². The van der Waals surface area contributed by atoms with Crippen LogP contribution in [0.3, 0.4) is 0 Å². The van der Waals surface area contributed by atoms with E-state index in [-0.39, 0.29) is 11.5 Å². The van der Waals surface area contributed by atoms with Crippen molar-refractivity contribution in [2.24, 2.45) is 5.92 Å². The Bertz CT molecular complexity index is 460. The third kappa shape index (κ3) is 3.07. The van der Waals surface area contributed by atoms with E-state index in [0.717, 1.165) is 6.07 Å². The van der Waals surface area contributed by atoms with E-state index in [1.54, 1.807) is 13.8 Å². The molecule has 0 bridgehead atoms. The van der Waals surface area contributed by atoms with Crippen LogP contribution in [-0.4, -0.2) is 12.1 Å². The molecule has 0 unspecified atom stereocenters. The molecule has 1 rings (SSSR count). The van der Waals surface area contributed by atoms with Crippen LogP contribution in [0.25, 0.3) is 0 Å². The van der Waals surface area contributed by atoms with Gasteiger partial charge in [0.1, 0.15) is 0 Å². The van der Waals surface area contributed by atoms with Gasteiger partial charge in [-0.05, 0) is 24.0 Å². The number of hydrogen-bond acceptors (Lipinski definition) is 0. The molecule has 0 N–H and O–H groups in total. The van der Waals surface area contributed by atoms with Gasteiger partial charge >= 0.3 is 18.0 Å². The maximum absolute atomic E-state index is 13.5. The van der Waals surface area contributed by atoms with Crippen molar-refractivity contribution in [3.05, 3.63) is 41.8 Å². The van der Waals surface area contributed by atoms with Crippen LogP contribution in [0.2, 0.25) is 0 Å². The number of rotatable bonds is 4. The van der Waals surface area contributed by atoms with Crippen molar-refractivity contribution in [2.45, 2.75) is 31.9 Å². The Morgan fingerprint density at radius 3 is 1.95 bits per heavy atom. The molecule has 0 heterocycles. The van der Waals surface area contributed by atoms with Crippen LogP contribution in [0.5, 0.6) is 0 Å². The van der Waals surface area contributed by atoms with Gasteiger partial charge in [0, 0.05) is 5.56 Å². The molecule has 0 spiro atoms. The van der Waals surface area contributed by atoms with Crippen molar-refractivity contribution in [1.82, 2.24) is 0 Å². The molecule has 1 radical (unpaired) electrons. The molecule has 0 aromatic heterocycles. The van der Waals surface area contributed by atoms with Crippen LogP contribution >= 0.6 is 0 Å². The lowest BCUT2D eigenvalue weighted by Crippen LogP contribution is -2.50. The second-order valence-corrected chi connectivity index (χ2v) is 4.68. The minimum Gasteiger partial charge on any atom is -0.194 e. The first kappa shape index (κ1) is 16.8. The molecule has 0 saturated heterocycles. The van der Waals surface area contributed by atoms with Crippen molar-refractivity contribution in [3.63, 3.8) is 0 Å². The molecule has 0 nitrogen and oxygen atoms in total. The Kier molecular flexibility index (Phi) is 4.41. The van der Waals surface area contributed by atoms with Crippen LogP contribution in [0.1, 0.15) is 25.0 Å². The molecule has 7 heteroatoms. The van der Waals surface area contributed by atoms with E-state index in [9.17, 15) is 30.7 Å². The molecule has 0 saturated carbocycles. The fourth-order valence-electron chi connectivity index (χ4n) is 1.58. The number of halogens is 7. The van der Waals surface area contributed by atoms with Crippen LogP contribution < -0.4 is 0 Å². The summed E-state index contributed by atoms with van der Waals surface area (Å²) in [6.45, 7) is 3.43. The minimum absolute atomic E-state index is 0.0676. The van der Waals surface area contributed by atoms with Crippen LogP contribution in [0.15, 0.2) is 24.3 Å². The highest BCUT2D eigenvalue weighted by molar-refractivity contribution is 5.33. The summed E-state index contributed by atoms with van der Waals surface area (Å²) in [7, 11) is 0. The third-order valence-corrected chi connectivity index (χ3v) is 2.53. The van der Waals surface area contributed by atoms with Gasteiger partial charge in [-0.15, -0.1) is 0 Å². The summed E-state index contributed by atoms with van der Waals surface area (Å²) in [6.07, 6.45) is -4.85. The molecular formula is C13H12F7. The van der Waals surface area contributed by atoms with E-state index in [2.05, 4.69) is 0 Å². The highest BCUT2D eigenvalue weighted by Crippen LogP contribution is 2.51. The lowest BCUT2D eigenvalue weighted by Gasteiger charge is -2.28. The fraction of sp³-hybridized carbons (Fsp3) is 0.462. The van der Waals surface area contributed by atoms with E-state index in [4.69, 9.17) is 0 Å². The first-order valence-corrected chi connectivity index (χ1v) is 5.67. The quantitative estimate of drug-likeness (QED) is 0.672. The first-order chi connectivity index (χ1) is 8.89. The van der Waals surface area contributed by atoms with Gasteiger partial charge in [-0.2, -0.15) is 30.7 Å². The molecule has 0 fully saturated rings. The highest BCUT2D eigenvalue weighted by Gasteiger charge is 2.73. The summed E-state index contributed by atoms with van der Waals surface area (Å²) in [5.41, 5.74) is -1.20. The molecule has 113 valence electrons. The van der Waals surface area contributed by atoms with Gasteiger partial charge in [0.15, 0.2) is 0 Å². The standard InChI is InChI=1S/C13H12F7/c1-8(2)6-9-4-3-5-10(7-9)11(14,15)12(16,17)13(18,19)20/h3-8H,1-2H3. The van der Waals surface area contributed by atoms with Crippen molar-refractivity contribution < 1.29 is 30.7 Å². The maximum atomic E-state index is 13.5. The monoisotopic (exact) mass is 301 g/mol. The zero-order valence-electron chi connectivity index (χ0n) is 10.6. The zero-order chi connectivity index (χ0) is 15.8. The Hall–Kier alpha value is -1.27. The smallest absolute Gasteiger partial charge is 0.194 e. The Labute approximate surface area is 111 Å². The molecule has 0 amide bonds. The average molecular weight is 301 g/mol. The summed E-state index contributed by atoms with van der Waals surface area (Å²) in [5, 5.41) is 0. The van der Waals surface area contributed by atoms with E-state index >= 15 is 0 Å². The maximum Gasteiger partial charge on any atom is 0.460 e. The molecule has 0 atom stereocenters. The average Bonchev–Trinajstić information content (AvgIpc) is 2.26. The third-order valence-electron chi connectivity index (χ3n) is 2.53. The van der Waals surface area contributed by atoms with E-state index in [1.807, 2.05) is 0 Å². The number of alkyl halides is 7. The van der Waals surface area contributed by atoms with E-state index in [0.29, 0.717) is 12.1 Å². The van der Waals surface area contributed by atoms with Crippen molar-refractivity contribution >= 4 is 0 Å². The predicted octanol–water partition coefficient (Wildman–Crippen LogP) is 5.18. The fourth-order valence-corrected chi connectivity index (χ4v) is 1.58. The van der Waals surface area contributed by atoms with Crippen LogP contribution in [0.4, 0.5) is 30.7 Å². The highest BCUT2D eigenvalue weighted by atomic mass is 19.4. The summed E-state index contributed by atoms with van der Waals surface area (Å²) in [4.78, 5) is 0. The molecule has 1 aromatic carbocycles. The summed E-state index contributed by atoms with van der Waals surface area (Å²) in [6, 6.07) is 3.56. The topological polar surface area (TPSA) is 0 Å². The summed E-state index contributed by atoms with van der Waals surface area (Å²) >= 11 is 0. The molecule has 0 aliphatic rings. The number of hydrogen-bond donors (Lipinski definition) is 0. The summed E-state index contributed by atoms with van der Waals surface area (Å²) in [5.74, 6) is -11.5. The zero-order valence-corrected chi connectivity index (χ0v) is 10.6. The van der Waals surface area contributed by atoms with Gasteiger partial charge in [0.25, 0.3) is 0 Å². The summed E-state index contributed by atoms with van der Waals surface area (Å²) < 4.78 is 89.0. The van der Waals surface area contributed by atoms with Gasteiger partial charge in [0.05, 0.1) is 0 Å². The lowest BCUT2D eigenvalue weighted by molar-refractivity contribution is -0.359. The van der Waals surface area contributed by atoms with Gasteiger partial charge < -0.3 is 0 Å². The second-order valence-electron chi connectivity index (χ2n) is 4.68. The largest absolute Gasteiger partial charge is 0.460 e. The second kappa shape index (κ2) is 5.26. The minimum atomic E-state index is -6.33. The van der Waals surface area contributed by atoms with Crippen LogP contribution in [-0.2, 0) is 5.92 Å². The molecule has 20 heavy (non-hydrogen) atoms. The van der Waals surface area contributed by atoms with Crippen LogP contribution in [0, 0.1) is 12.3 Å². The SMILES string of the molecule is CC(C)[CH]c1cccc(C(F)(F)C(F)(F)C(F)(F)F)c1. The Balaban J connectivity index is 3.22. The van der Waals surface area contributed by atoms with E-state index in [1.165, 1.54) is 12.5 Å². The Morgan fingerprint density at radius 1 is 0.950 bits per heavy atom. The molecule has 1 aromatic rings. The van der Waals surface area contributed by atoms with Crippen molar-refractivity contribution in [3.8, 4) is 0 Å². The van der Waals surface area contributed by atoms with Gasteiger partial charge in [-0.3, -0.25) is 0 Å². The Morgan fingerprint density at radius 2 is 1.50 bits per heavy atom. The van der Waals surface area contributed by atoms with Gasteiger partial charge in [-0.1, -0.05) is 32.0 Å². The molecular weight excluding hydrogens is 289 g/mol. The normalized spacial score (nSPS) is 13.9.